The molecule has 0 saturated carbocycles. The van der Waals surface area contributed by atoms with E-state index in [4.69, 9.17) is 0 Å². The van der Waals surface area contributed by atoms with E-state index in [0.29, 0.717) is 6.42 Å². The van der Waals surface area contributed by atoms with E-state index < -0.39 is 30.0 Å². The fraction of sp³-hybridized carbons (Fsp3) is 0.238. The summed E-state index contributed by atoms with van der Waals surface area (Å²) < 4.78 is 46.5. The molecule has 8 heteroatoms. The average molecular weight is 407 g/mol. The van der Waals surface area contributed by atoms with Crippen molar-refractivity contribution in [2.75, 3.05) is 7.11 Å². The number of allylic oxidation sites excluding steroid dienone is 1. The minimum atomic E-state index is -4.94. The maximum absolute atomic E-state index is 12.6. The van der Waals surface area contributed by atoms with Gasteiger partial charge in [0, 0.05) is 12.0 Å². The zero-order valence-corrected chi connectivity index (χ0v) is 15.6. The summed E-state index contributed by atoms with van der Waals surface area (Å²) in [5.74, 6) is -2.05. The summed E-state index contributed by atoms with van der Waals surface area (Å²) in [6.07, 6.45) is -0.960. The SMILES string of the molecule is COC(=O)C(NC(=O)CC=CCc1ccccc1)c1ccccc1OC(F)(F)F. The Morgan fingerprint density at radius 2 is 1.69 bits per heavy atom. The number of nitrogens with one attached hydrogen (secondary N) is 1. The smallest absolute Gasteiger partial charge is 0.467 e. The number of halogens is 3. The van der Waals surface area contributed by atoms with E-state index in [9.17, 15) is 22.8 Å². The van der Waals surface area contributed by atoms with Gasteiger partial charge in [0.1, 0.15) is 5.75 Å². The predicted octanol–water partition coefficient (Wildman–Crippen LogP) is 4.10. The molecule has 2 aromatic rings. The number of carbonyl (C=O) groups excluding carboxylic acids is 2. The molecule has 2 rings (SSSR count). The van der Waals surface area contributed by atoms with Crippen molar-refractivity contribution in [2.45, 2.75) is 25.2 Å². The number of benzene rings is 2. The first-order valence-electron chi connectivity index (χ1n) is 8.71. The lowest BCUT2D eigenvalue weighted by Crippen LogP contribution is -2.35. The van der Waals surface area contributed by atoms with Crippen molar-refractivity contribution in [2.24, 2.45) is 0 Å². The van der Waals surface area contributed by atoms with Crippen LogP contribution in [0.2, 0.25) is 0 Å². The number of alkyl halides is 3. The second-order valence-electron chi connectivity index (χ2n) is 5.97. The van der Waals surface area contributed by atoms with Gasteiger partial charge in [0.05, 0.1) is 7.11 Å². The van der Waals surface area contributed by atoms with Crippen LogP contribution in [0.4, 0.5) is 13.2 Å². The van der Waals surface area contributed by atoms with Crippen molar-refractivity contribution in [3.63, 3.8) is 0 Å². The van der Waals surface area contributed by atoms with Crippen molar-refractivity contribution in [1.82, 2.24) is 5.32 Å². The highest BCUT2D eigenvalue weighted by molar-refractivity contribution is 5.86. The second-order valence-corrected chi connectivity index (χ2v) is 5.97. The number of rotatable bonds is 8. The Morgan fingerprint density at radius 3 is 2.34 bits per heavy atom. The van der Waals surface area contributed by atoms with Gasteiger partial charge in [-0.3, -0.25) is 4.79 Å². The van der Waals surface area contributed by atoms with Crippen molar-refractivity contribution >= 4 is 11.9 Å². The van der Waals surface area contributed by atoms with E-state index in [1.807, 2.05) is 30.3 Å². The number of para-hydroxylation sites is 1. The van der Waals surface area contributed by atoms with Crippen molar-refractivity contribution < 1.29 is 32.2 Å². The van der Waals surface area contributed by atoms with Crippen LogP contribution < -0.4 is 10.1 Å². The Hall–Kier alpha value is -3.29. The fourth-order valence-electron chi connectivity index (χ4n) is 2.56. The number of carbonyl (C=O) groups is 2. The molecular formula is C21H20F3NO4. The minimum absolute atomic E-state index is 0.0530. The average Bonchev–Trinajstić information content (AvgIpc) is 2.69. The summed E-state index contributed by atoms with van der Waals surface area (Å²) in [6.45, 7) is 0. The van der Waals surface area contributed by atoms with Crippen LogP contribution in [-0.4, -0.2) is 25.3 Å². The first-order chi connectivity index (χ1) is 13.8. The molecule has 154 valence electrons. The summed E-state index contributed by atoms with van der Waals surface area (Å²) >= 11 is 0. The molecule has 0 fully saturated rings. The summed E-state index contributed by atoms with van der Waals surface area (Å²) in [5.41, 5.74) is 0.910. The van der Waals surface area contributed by atoms with Crippen LogP contribution in [0, 0.1) is 0 Å². The van der Waals surface area contributed by atoms with Crippen LogP contribution in [0.15, 0.2) is 66.7 Å². The molecule has 0 radical (unpaired) electrons. The molecule has 29 heavy (non-hydrogen) atoms. The number of amides is 1. The quantitative estimate of drug-likeness (QED) is 0.529. The van der Waals surface area contributed by atoms with Crippen LogP contribution in [0.3, 0.4) is 0 Å². The normalized spacial score (nSPS) is 12.4. The minimum Gasteiger partial charge on any atom is -0.467 e. The van der Waals surface area contributed by atoms with Gasteiger partial charge >= 0.3 is 12.3 Å². The Bertz CT molecular complexity index is 851. The van der Waals surface area contributed by atoms with E-state index in [1.54, 1.807) is 12.2 Å². The molecule has 0 aliphatic rings. The molecule has 1 atom stereocenters. The molecule has 0 aliphatic carbocycles. The predicted molar refractivity (Wildman–Crippen MR) is 99.9 cm³/mol. The molecule has 2 aromatic carbocycles. The van der Waals surface area contributed by atoms with Crippen molar-refractivity contribution in [3.05, 3.63) is 77.9 Å². The Kier molecular flexibility index (Phi) is 7.82. The lowest BCUT2D eigenvalue weighted by atomic mass is 10.1. The molecule has 0 aromatic heterocycles. The molecule has 5 nitrogen and oxygen atoms in total. The first kappa shape index (κ1) is 22.0. The molecule has 1 amide bonds. The first-order valence-corrected chi connectivity index (χ1v) is 8.71. The van der Waals surface area contributed by atoms with E-state index in [2.05, 4.69) is 14.8 Å². The number of ether oxygens (including phenoxy) is 2. The second kappa shape index (κ2) is 10.3. The highest BCUT2D eigenvalue weighted by Crippen LogP contribution is 2.31. The Balaban J connectivity index is 2.07. The lowest BCUT2D eigenvalue weighted by molar-refractivity contribution is -0.275. The molecule has 0 spiro atoms. The van der Waals surface area contributed by atoms with Crippen molar-refractivity contribution in [3.8, 4) is 5.75 Å². The summed E-state index contributed by atoms with van der Waals surface area (Å²) in [6, 6.07) is 13.2. The summed E-state index contributed by atoms with van der Waals surface area (Å²) in [7, 11) is 1.08. The fourth-order valence-corrected chi connectivity index (χ4v) is 2.56. The van der Waals surface area contributed by atoms with Gasteiger partial charge in [0.2, 0.25) is 5.91 Å². The van der Waals surface area contributed by atoms with Crippen LogP contribution in [-0.2, 0) is 20.7 Å². The number of hydrogen-bond acceptors (Lipinski definition) is 4. The van der Waals surface area contributed by atoms with Crippen molar-refractivity contribution in [1.29, 1.82) is 0 Å². The molecule has 0 aliphatic heterocycles. The van der Waals surface area contributed by atoms with E-state index in [1.165, 1.54) is 18.2 Å². The van der Waals surface area contributed by atoms with Gasteiger partial charge < -0.3 is 14.8 Å². The van der Waals surface area contributed by atoms with Gasteiger partial charge in [-0.25, -0.2) is 4.79 Å². The molecule has 1 N–H and O–H groups in total. The van der Waals surface area contributed by atoms with Crippen LogP contribution in [0.1, 0.15) is 23.6 Å². The van der Waals surface area contributed by atoms with E-state index in [0.717, 1.165) is 18.7 Å². The molecular weight excluding hydrogens is 387 g/mol. The van der Waals surface area contributed by atoms with Gasteiger partial charge in [-0.15, -0.1) is 13.2 Å². The molecule has 1 unspecified atom stereocenters. The Labute approximate surface area is 166 Å². The van der Waals surface area contributed by atoms with Gasteiger partial charge in [-0.1, -0.05) is 60.7 Å². The number of hydrogen-bond donors (Lipinski definition) is 1. The zero-order chi connectivity index (χ0) is 21.3. The van der Waals surface area contributed by atoms with Crippen LogP contribution in [0.25, 0.3) is 0 Å². The zero-order valence-electron chi connectivity index (χ0n) is 15.6. The highest BCUT2D eigenvalue weighted by atomic mass is 19.4. The largest absolute Gasteiger partial charge is 0.573 e. The number of methoxy groups -OCH3 is 1. The molecule has 0 heterocycles. The third-order valence-corrected chi connectivity index (χ3v) is 3.86. The summed E-state index contributed by atoms with van der Waals surface area (Å²) in [4.78, 5) is 24.3. The standard InChI is InChI=1S/C21H20F3NO4/c1-28-20(27)19(16-12-6-7-13-17(16)29-21(22,23)24)25-18(26)14-8-5-11-15-9-3-2-4-10-15/h2-10,12-13,19H,11,14H2,1H3,(H,25,26). The van der Waals surface area contributed by atoms with Gasteiger partial charge in [0.15, 0.2) is 6.04 Å². The topological polar surface area (TPSA) is 64.6 Å². The van der Waals surface area contributed by atoms with Crippen LogP contribution >= 0.6 is 0 Å². The van der Waals surface area contributed by atoms with Gasteiger partial charge in [-0.05, 0) is 18.1 Å². The van der Waals surface area contributed by atoms with E-state index >= 15 is 0 Å². The highest BCUT2D eigenvalue weighted by Gasteiger charge is 2.34. The van der Waals surface area contributed by atoms with Gasteiger partial charge in [0.25, 0.3) is 0 Å². The maximum Gasteiger partial charge on any atom is 0.573 e. The van der Waals surface area contributed by atoms with E-state index in [-0.39, 0.29) is 12.0 Å². The third-order valence-electron chi connectivity index (χ3n) is 3.86. The Morgan fingerprint density at radius 1 is 1.03 bits per heavy atom. The maximum atomic E-state index is 12.6. The monoisotopic (exact) mass is 407 g/mol. The number of esters is 1. The molecule has 0 bridgehead atoms. The lowest BCUT2D eigenvalue weighted by Gasteiger charge is -2.20. The molecule has 0 saturated heterocycles. The van der Waals surface area contributed by atoms with Gasteiger partial charge in [-0.2, -0.15) is 0 Å². The third kappa shape index (κ3) is 7.33. The summed E-state index contributed by atoms with van der Waals surface area (Å²) in [5, 5.41) is 2.40. The van der Waals surface area contributed by atoms with Crippen LogP contribution in [0.5, 0.6) is 5.75 Å².